The quantitative estimate of drug-likeness (QED) is 0.581. The van der Waals surface area contributed by atoms with Crippen LogP contribution in [-0.2, 0) is 0 Å². The van der Waals surface area contributed by atoms with E-state index in [0.29, 0.717) is 5.57 Å². The van der Waals surface area contributed by atoms with Crippen LogP contribution in [0.5, 0.6) is 5.75 Å². The Hall–Kier alpha value is -2.80. The number of anilines is 1. The second-order valence-electron chi connectivity index (χ2n) is 6.00. The third kappa shape index (κ3) is 4.20. The molecule has 2 aliphatic rings. The minimum absolute atomic E-state index is 0.136. The van der Waals surface area contributed by atoms with Crippen molar-refractivity contribution in [1.82, 2.24) is 0 Å². The molecule has 0 spiro atoms. The minimum atomic E-state index is 0.136. The molecule has 0 N–H and O–H groups in total. The first-order valence-electron chi connectivity index (χ1n) is 8.73. The monoisotopic (exact) mass is 405 g/mol. The Balaban J connectivity index is 1.84. The molecule has 0 saturated heterocycles. The van der Waals surface area contributed by atoms with Gasteiger partial charge >= 0.3 is 0 Å². The Morgan fingerprint density at radius 3 is 2.68 bits per heavy atom. The molecule has 0 amide bonds. The maximum Gasteiger partial charge on any atom is 0.136 e. The maximum absolute atomic E-state index is 9.11. The largest absolute Gasteiger partial charge is 0.497 e. The third-order valence-electron chi connectivity index (χ3n) is 4.20. The van der Waals surface area contributed by atoms with E-state index in [9.17, 15) is 0 Å². The van der Waals surface area contributed by atoms with Crippen LogP contribution in [0.15, 0.2) is 79.5 Å². The number of hydrogen-bond donors (Lipinski definition) is 0. The summed E-state index contributed by atoms with van der Waals surface area (Å²) in [6.45, 7) is 4.97. The summed E-state index contributed by atoms with van der Waals surface area (Å²) in [6.07, 6.45) is 9.88. The molecule has 0 atom stereocenters. The Labute approximate surface area is 174 Å². The van der Waals surface area contributed by atoms with Gasteiger partial charge in [-0.25, -0.2) is 0 Å². The molecule has 6 heteroatoms. The van der Waals surface area contributed by atoms with Crippen LogP contribution in [0.3, 0.4) is 0 Å². The lowest BCUT2D eigenvalue weighted by Gasteiger charge is -2.18. The molecule has 3 rings (SSSR count). The number of benzene rings is 1. The van der Waals surface area contributed by atoms with E-state index in [1.54, 1.807) is 30.6 Å². The van der Waals surface area contributed by atoms with Gasteiger partial charge in [0.25, 0.3) is 0 Å². The van der Waals surface area contributed by atoms with E-state index in [2.05, 4.69) is 30.0 Å². The van der Waals surface area contributed by atoms with Crippen molar-refractivity contribution in [3.05, 3.63) is 74.6 Å². The minimum Gasteiger partial charge on any atom is -0.497 e. The van der Waals surface area contributed by atoms with Crippen LogP contribution >= 0.6 is 23.5 Å². The fourth-order valence-corrected chi connectivity index (χ4v) is 4.93. The molecule has 0 bridgehead atoms. The molecule has 4 nitrogen and oxygen atoms in total. The van der Waals surface area contributed by atoms with Gasteiger partial charge in [0.1, 0.15) is 23.5 Å². The van der Waals surface area contributed by atoms with Crippen molar-refractivity contribution >= 4 is 29.2 Å². The predicted molar refractivity (Wildman–Crippen MR) is 117 cm³/mol. The maximum atomic E-state index is 9.11. The summed E-state index contributed by atoms with van der Waals surface area (Å²) in [6, 6.07) is 10.0. The van der Waals surface area contributed by atoms with E-state index < -0.39 is 0 Å². The fourth-order valence-electron chi connectivity index (χ4n) is 2.92. The zero-order valence-electron chi connectivity index (χ0n) is 15.9. The number of hydrogen-bond acceptors (Lipinski definition) is 6. The molecule has 140 valence electrons. The van der Waals surface area contributed by atoms with Crippen LogP contribution in [0, 0.1) is 22.7 Å². The van der Waals surface area contributed by atoms with Gasteiger partial charge in [0.2, 0.25) is 0 Å². The number of thioether (sulfide) groups is 2. The molecule has 2 heterocycles. The third-order valence-corrected chi connectivity index (χ3v) is 6.26. The van der Waals surface area contributed by atoms with Crippen molar-refractivity contribution in [3.63, 3.8) is 0 Å². The van der Waals surface area contributed by atoms with Crippen molar-refractivity contribution in [3.8, 4) is 17.9 Å². The van der Waals surface area contributed by atoms with Gasteiger partial charge < -0.3 is 9.64 Å². The van der Waals surface area contributed by atoms with Gasteiger partial charge in [-0.3, -0.25) is 0 Å². The van der Waals surface area contributed by atoms with Gasteiger partial charge in [0, 0.05) is 28.0 Å². The first-order chi connectivity index (χ1) is 13.6. The Kier molecular flexibility index (Phi) is 6.36. The van der Waals surface area contributed by atoms with Gasteiger partial charge in [-0.05, 0) is 55.2 Å². The second kappa shape index (κ2) is 8.93. The highest BCUT2D eigenvalue weighted by Crippen LogP contribution is 2.47. The summed E-state index contributed by atoms with van der Waals surface area (Å²) in [5.41, 5.74) is 1.96. The molecule has 0 aromatic heterocycles. The van der Waals surface area contributed by atoms with E-state index in [1.807, 2.05) is 49.4 Å². The summed E-state index contributed by atoms with van der Waals surface area (Å²) in [7, 11) is 1.68. The van der Waals surface area contributed by atoms with Gasteiger partial charge in [-0.1, -0.05) is 29.6 Å². The van der Waals surface area contributed by atoms with Gasteiger partial charge in [-0.2, -0.15) is 10.5 Å². The van der Waals surface area contributed by atoms with Crippen LogP contribution in [0.4, 0.5) is 5.69 Å². The molecule has 0 saturated carbocycles. The van der Waals surface area contributed by atoms with E-state index in [1.165, 1.54) is 4.90 Å². The zero-order chi connectivity index (χ0) is 20.1. The summed E-state index contributed by atoms with van der Waals surface area (Å²) in [5.74, 6) is 0.853. The first-order valence-corrected chi connectivity index (χ1v) is 10.4. The van der Waals surface area contributed by atoms with E-state index >= 15 is 0 Å². The number of rotatable bonds is 4. The topological polar surface area (TPSA) is 60.0 Å². The molecule has 2 aliphatic heterocycles. The van der Waals surface area contributed by atoms with Crippen molar-refractivity contribution in [1.29, 1.82) is 10.5 Å². The molecule has 0 radical (unpaired) electrons. The predicted octanol–water partition coefficient (Wildman–Crippen LogP) is 5.90. The second-order valence-corrected chi connectivity index (χ2v) is 8.38. The Morgan fingerprint density at radius 2 is 2.00 bits per heavy atom. The van der Waals surface area contributed by atoms with E-state index in [0.717, 1.165) is 32.8 Å². The average molecular weight is 406 g/mol. The molecule has 1 aromatic carbocycles. The van der Waals surface area contributed by atoms with Crippen LogP contribution < -0.4 is 9.64 Å². The lowest BCUT2D eigenvalue weighted by molar-refractivity contribution is 0.414. The number of methoxy groups -OCH3 is 1. The summed E-state index contributed by atoms with van der Waals surface area (Å²) < 4.78 is 5.35. The van der Waals surface area contributed by atoms with Gasteiger partial charge in [-0.15, -0.1) is 0 Å². The Morgan fingerprint density at radius 1 is 1.21 bits per heavy atom. The van der Waals surface area contributed by atoms with E-state index in [4.69, 9.17) is 15.3 Å². The zero-order valence-corrected chi connectivity index (χ0v) is 17.5. The molecular weight excluding hydrogens is 386 g/mol. The summed E-state index contributed by atoms with van der Waals surface area (Å²) in [5, 5.41) is 19.4. The molecule has 1 aromatic rings. The van der Waals surface area contributed by atoms with Crippen LogP contribution in [-0.4, -0.2) is 13.7 Å². The number of fused-ring (bicyclic) bond motifs is 1. The smallest absolute Gasteiger partial charge is 0.136 e. The van der Waals surface area contributed by atoms with Crippen molar-refractivity contribution in [2.45, 2.75) is 18.7 Å². The highest BCUT2D eigenvalue weighted by molar-refractivity contribution is 8.07. The van der Waals surface area contributed by atoms with Crippen LogP contribution in [0.2, 0.25) is 0 Å². The lowest BCUT2D eigenvalue weighted by Crippen LogP contribution is -2.16. The molecule has 0 fully saturated rings. The van der Waals surface area contributed by atoms with E-state index in [-0.39, 0.29) is 5.57 Å². The van der Waals surface area contributed by atoms with Crippen molar-refractivity contribution in [2.75, 3.05) is 18.6 Å². The van der Waals surface area contributed by atoms with Crippen molar-refractivity contribution < 1.29 is 4.74 Å². The lowest BCUT2D eigenvalue weighted by atomic mass is 10.1. The molecular formula is C22H19N3OS2. The number of nitrogens with zero attached hydrogens (tertiary/aromatic N) is 3. The molecule has 28 heavy (non-hydrogen) atoms. The van der Waals surface area contributed by atoms with Gasteiger partial charge in [0.15, 0.2) is 0 Å². The standard InChI is InChI=1S/C22H19N3OS2/c1-4-25-20-12-18(26-3)8-9-21(20)28-22(25)7-5-6-19-11-16(10-15(2)27-19)17(13-23)14-24/h5-12H,4H2,1-3H3/b6-5+,22-7+. The number of allylic oxidation sites excluding steroid dienone is 8. The Bertz CT molecular complexity index is 1020. The first kappa shape index (κ1) is 19.9. The average Bonchev–Trinajstić information content (AvgIpc) is 3.05. The summed E-state index contributed by atoms with van der Waals surface area (Å²) in [4.78, 5) is 5.53. The SMILES string of the molecule is CCN1/C(=C\C=C\C2=CC(=C(C#N)C#N)C=C(C)S2)Sc2ccc(OC)cc21. The number of nitriles is 2. The van der Waals surface area contributed by atoms with Gasteiger partial charge in [0.05, 0.1) is 17.8 Å². The normalized spacial score (nSPS) is 17.1. The fraction of sp³-hybridized carbons (Fsp3) is 0.182. The van der Waals surface area contributed by atoms with Crippen LogP contribution in [0.1, 0.15) is 13.8 Å². The summed E-state index contributed by atoms with van der Waals surface area (Å²) >= 11 is 3.36. The highest BCUT2D eigenvalue weighted by Gasteiger charge is 2.23. The highest BCUT2D eigenvalue weighted by atomic mass is 32.2. The number of ether oxygens (including phenoxy) is 1. The molecule has 0 unspecified atom stereocenters. The van der Waals surface area contributed by atoms with Crippen molar-refractivity contribution in [2.24, 2.45) is 0 Å². The molecule has 0 aliphatic carbocycles. The van der Waals surface area contributed by atoms with Crippen LogP contribution in [0.25, 0.3) is 0 Å².